The molecule has 7 nitrogen and oxygen atoms in total. The SMILES string of the molecule is CCCCN1C(=O)C2C(N=C3N(c4ccc(Cl)cc4)CCN32)N(C)C1=O. The Balaban J connectivity index is 1.63. The summed E-state index contributed by atoms with van der Waals surface area (Å²) in [5, 5.41) is 0.680. The Morgan fingerprint density at radius 1 is 1.19 bits per heavy atom. The van der Waals surface area contributed by atoms with Crippen molar-refractivity contribution in [1.29, 1.82) is 0 Å². The molecule has 3 aliphatic rings. The number of benzene rings is 1. The van der Waals surface area contributed by atoms with Crippen LogP contribution >= 0.6 is 11.6 Å². The number of urea groups is 1. The van der Waals surface area contributed by atoms with Crippen LogP contribution in [-0.2, 0) is 4.79 Å². The monoisotopic (exact) mass is 375 g/mol. The molecule has 2 saturated heterocycles. The zero-order valence-electron chi connectivity index (χ0n) is 14.9. The van der Waals surface area contributed by atoms with Crippen molar-refractivity contribution >= 4 is 35.2 Å². The minimum Gasteiger partial charge on any atom is -0.325 e. The summed E-state index contributed by atoms with van der Waals surface area (Å²) >= 11 is 5.99. The molecule has 3 aliphatic heterocycles. The molecular formula is C18H22ClN5O2. The van der Waals surface area contributed by atoms with Crippen molar-refractivity contribution in [1.82, 2.24) is 14.7 Å². The first-order valence-electron chi connectivity index (χ1n) is 8.98. The third kappa shape index (κ3) is 2.53. The van der Waals surface area contributed by atoms with Gasteiger partial charge in [0, 0.05) is 37.4 Å². The van der Waals surface area contributed by atoms with Crippen LogP contribution in [0.15, 0.2) is 29.3 Å². The maximum atomic E-state index is 13.0. The fourth-order valence-corrected chi connectivity index (χ4v) is 3.95. The zero-order chi connectivity index (χ0) is 18.4. The van der Waals surface area contributed by atoms with Crippen LogP contribution in [0, 0.1) is 0 Å². The summed E-state index contributed by atoms with van der Waals surface area (Å²) in [4.78, 5) is 37.5. The van der Waals surface area contributed by atoms with Gasteiger partial charge in [-0.05, 0) is 30.7 Å². The second kappa shape index (κ2) is 6.46. The highest BCUT2D eigenvalue weighted by Gasteiger charge is 2.54. The quantitative estimate of drug-likeness (QED) is 0.809. The molecule has 3 heterocycles. The van der Waals surface area contributed by atoms with Gasteiger partial charge in [-0.1, -0.05) is 24.9 Å². The van der Waals surface area contributed by atoms with Crippen molar-refractivity contribution in [2.45, 2.75) is 32.0 Å². The first kappa shape index (κ1) is 17.1. The molecule has 0 spiro atoms. The highest BCUT2D eigenvalue weighted by molar-refractivity contribution is 6.30. The zero-order valence-corrected chi connectivity index (χ0v) is 15.7. The van der Waals surface area contributed by atoms with Gasteiger partial charge < -0.3 is 14.7 Å². The van der Waals surface area contributed by atoms with Crippen molar-refractivity contribution in [2.75, 3.05) is 31.6 Å². The molecule has 4 rings (SSSR count). The molecule has 0 N–H and O–H groups in total. The van der Waals surface area contributed by atoms with Gasteiger partial charge in [-0.15, -0.1) is 0 Å². The molecule has 3 amide bonds. The molecule has 0 radical (unpaired) electrons. The number of likely N-dealkylation sites (N-methyl/N-ethyl adjacent to an activating group) is 1. The van der Waals surface area contributed by atoms with Gasteiger partial charge in [0.25, 0.3) is 5.91 Å². The first-order chi connectivity index (χ1) is 12.5. The number of hydrogen-bond donors (Lipinski definition) is 0. The van der Waals surface area contributed by atoms with E-state index in [1.165, 1.54) is 4.90 Å². The van der Waals surface area contributed by atoms with Gasteiger partial charge in [-0.25, -0.2) is 9.79 Å². The van der Waals surface area contributed by atoms with Gasteiger partial charge in [-0.3, -0.25) is 9.69 Å². The van der Waals surface area contributed by atoms with E-state index in [4.69, 9.17) is 16.6 Å². The number of rotatable bonds is 4. The second-order valence-corrected chi connectivity index (χ2v) is 7.28. The van der Waals surface area contributed by atoms with Gasteiger partial charge in [0.1, 0.15) is 0 Å². The number of hydrogen-bond acceptors (Lipinski definition) is 5. The Hall–Kier alpha value is -2.28. The number of imide groups is 1. The lowest BCUT2D eigenvalue weighted by atomic mass is 10.1. The van der Waals surface area contributed by atoms with Crippen LogP contribution in [0.2, 0.25) is 5.02 Å². The Labute approximate surface area is 157 Å². The average molecular weight is 376 g/mol. The second-order valence-electron chi connectivity index (χ2n) is 6.85. The maximum absolute atomic E-state index is 13.0. The van der Waals surface area contributed by atoms with Crippen molar-refractivity contribution in [3.05, 3.63) is 29.3 Å². The van der Waals surface area contributed by atoms with E-state index in [0.717, 1.165) is 31.0 Å². The predicted octanol–water partition coefficient (Wildman–Crippen LogP) is 2.22. The minimum absolute atomic E-state index is 0.136. The third-order valence-electron chi connectivity index (χ3n) is 5.25. The van der Waals surface area contributed by atoms with Crippen molar-refractivity contribution in [3.63, 3.8) is 0 Å². The summed E-state index contributed by atoms with van der Waals surface area (Å²) in [6.07, 6.45) is 1.29. The molecule has 2 fully saturated rings. The Bertz CT molecular complexity index is 765. The number of guanidine groups is 1. The van der Waals surface area contributed by atoms with E-state index >= 15 is 0 Å². The molecule has 1 aromatic rings. The number of carbonyl (C=O) groups is 2. The van der Waals surface area contributed by atoms with Crippen molar-refractivity contribution in [3.8, 4) is 0 Å². The summed E-state index contributed by atoms with van der Waals surface area (Å²) in [5.74, 6) is 0.621. The van der Waals surface area contributed by atoms with Crippen LogP contribution in [0.1, 0.15) is 19.8 Å². The highest BCUT2D eigenvalue weighted by atomic mass is 35.5. The molecule has 0 saturated carbocycles. The molecule has 138 valence electrons. The van der Waals surface area contributed by atoms with E-state index in [2.05, 4.69) is 4.90 Å². The van der Waals surface area contributed by atoms with E-state index < -0.39 is 12.2 Å². The normalized spacial score (nSPS) is 25.0. The summed E-state index contributed by atoms with van der Waals surface area (Å²) in [6, 6.07) is 6.89. The van der Waals surface area contributed by atoms with Gasteiger partial charge in [0.05, 0.1) is 0 Å². The number of halogens is 1. The number of unbranched alkanes of at least 4 members (excludes halogenated alkanes) is 1. The molecular weight excluding hydrogens is 354 g/mol. The largest absolute Gasteiger partial charge is 0.328 e. The van der Waals surface area contributed by atoms with Gasteiger partial charge in [0.15, 0.2) is 12.2 Å². The van der Waals surface area contributed by atoms with E-state index in [1.807, 2.05) is 36.1 Å². The van der Waals surface area contributed by atoms with Crippen LogP contribution in [-0.4, -0.2) is 71.5 Å². The number of nitrogens with zero attached hydrogens (tertiary/aromatic N) is 5. The van der Waals surface area contributed by atoms with E-state index in [0.29, 0.717) is 18.1 Å². The minimum atomic E-state index is -0.460. The van der Waals surface area contributed by atoms with Crippen LogP contribution < -0.4 is 4.90 Å². The Morgan fingerprint density at radius 3 is 2.62 bits per heavy atom. The highest BCUT2D eigenvalue weighted by Crippen LogP contribution is 2.33. The summed E-state index contributed by atoms with van der Waals surface area (Å²) in [5.41, 5.74) is 0.985. The molecule has 0 aromatic heterocycles. The molecule has 2 atom stereocenters. The molecule has 2 unspecified atom stereocenters. The number of aliphatic imine (C=N–C) groups is 1. The third-order valence-corrected chi connectivity index (χ3v) is 5.50. The first-order valence-corrected chi connectivity index (χ1v) is 9.36. The lowest BCUT2D eigenvalue weighted by Crippen LogP contribution is -2.64. The van der Waals surface area contributed by atoms with Crippen LogP contribution in [0.5, 0.6) is 0 Å². The number of amides is 3. The molecule has 8 heteroatoms. The summed E-state index contributed by atoms with van der Waals surface area (Å²) in [7, 11) is 1.73. The van der Waals surface area contributed by atoms with Crippen LogP contribution in [0.4, 0.5) is 10.5 Å². The molecule has 0 aliphatic carbocycles. The van der Waals surface area contributed by atoms with E-state index in [1.54, 1.807) is 11.9 Å². The van der Waals surface area contributed by atoms with Crippen LogP contribution in [0.3, 0.4) is 0 Å². The molecule has 0 bridgehead atoms. The van der Waals surface area contributed by atoms with E-state index in [9.17, 15) is 9.59 Å². The lowest BCUT2D eigenvalue weighted by molar-refractivity contribution is -0.137. The predicted molar refractivity (Wildman–Crippen MR) is 100 cm³/mol. The van der Waals surface area contributed by atoms with Crippen molar-refractivity contribution in [2.24, 2.45) is 4.99 Å². The van der Waals surface area contributed by atoms with Gasteiger partial charge in [0.2, 0.25) is 5.96 Å². The fraction of sp³-hybridized carbons (Fsp3) is 0.500. The summed E-state index contributed by atoms with van der Waals surface area (Å²) < 4.78 is 0. The lowest BCUT2D eigenvalue weighted by Gasteiger charge is -2.40. The summed E-state index contributed by atoms with van der Waals surface area (Å²) in [6.45, 7) is 3.97. The van der Waals surface area contributed by atoms with Crippen LogP contribution in [0.25, 0.3) is 0 Å². The molecule has 1 aromatic carbocycles. The number of carbonyl (C=O) groups excluding carboxylic acids is 2. The topological polar surface area (TPSA) is 59.5 Å². The average Bonchev–Trinajstić information content (AvgIpc) is 3.20. The van der Waals surface area contributed by atoms with E-state index in [-0.39, 0.29) is 11.9 Å². The smallest absolute Gasteiger partial charge is 0.325 e. The maximum Gasteiger partial charge on any atom is 0.328 e. The van der Waals surface area contributed by atoms with Gasteiger partial charge in [-0.2, -0.15) is 0 Å². The molecule has 26 heavy (non-hydrogen) atoms. The number of fused-ring (bicyclic) bond motifs is 3. The van der Waals surface area contributed by atoms with Crippen molar-refractivity contribution < 1.29 is 9.59 Å². The Kier molecular flexibility index (Phi) is 4.26. The van der Waals surface area contributed by atoms with Gasteiger partial charge >= 0.3 is 6.03 Å². The Morgan fingerprint density at radius 2 is 1.92 bits per heavy atom. The number of anilines is 1. The standard InChI is InChI=1S/C18H22ClN5O2/c1-3-4-9-24-16(25)14-15(21(2)18(24)26)20-17-22(10-11-23(14)17)13-7-5-12(19)6-8-13/h5-8,14-15H,3-4,9-11H2,1-2H3. The fourth-order valence-electron chi connectivity index (χ4n) is 3.82.